The van der Waals surface area contributed by atoms with Crippen LogP contribution in [0.2, 0.25) is 0 Å². The van der Waals surface area contributed by atoms with Gasteiger partial charge in [-0.05, 0) is 24.3 Å². The molecule has 5 rings (SSSR count). The van der Waals surface area contributed by atoms with Gasteiger partial charge < -0.3 is 4.74 Å². The first kappa shape index (κ1) is 18.0. The average molecular weight is 394 g/mol. The van der Waals surface area contributed by atoms with Crippen LogP contribution in [0.5, 0.6) is 0 Å². The topological polar surface area (TPSA) is 67.7 Å². The number of aromatic nitrogens is 2. The summed E-state index contributed by atoms with van der Waals surface area (Å²) in [6.45, 7) is 1.47. The van der Waals surface area contributed by atoms with Gasteiger partial charge in [-0.15, -0.1) is 5.10 Å². The number of carbonyl (C=O) groups excluding carboxylic acids is 1. The zero-order valence-electron chi connectivity index (χ0n) is 16.3. The highest BCUT2D eigenvalue weighted by atomic mass is 16.5. The van der Waals surface area contributed by atoms with E-state index in [1.165, 1.54) is 11.9 Å². The van der Waals surface area contributed by atoms with Gasteiger partial charge in [-0.3, -0.25) is 9.78 Å². The van der Waals surface area contributed by atoms with Crippen molar-refractivity contribution in [3.05, 3.63) is 96.3 Å². The number of hydrazone groups is 1. The third-order valence-corrected chi connectivity index (χ3v) is 4.93. The second-order valence-electron chi connectivity index (χ2n) is 6.93. The molecule has 146 valence electrons. The normalized spacial score (nSPS) is 15.7. The summed E-state index contributed by atoms with van der Waals surface area (Å²) in [6.07, 6.45) is 0.969. The van der Waals surface area contributed by atoms with Crippen molar-refractivity contribution in [1.29, 1.82) is 0 Å². The van der Waals surface area contributed by atoms with Crippen LogP contribution in [0.25, 0.3) is 22.2 Å². The lowest BCUT2D eigenvalue weighted by Gasteiger charge is -2.21. The molecule has 0 aliphatic carbocycles. The number of hydrogen-bond acceptors (Lipinski definition) is 5. The quantitative estimate of drug-likeness (QED) is 0.512. The van der Waals surface area contributed by atoms with Gasteiger partial charge >= 0.3 is 0 Å². The molecule has 0 bridgehead atoms. The van der Waals surface area contributed by atoms with Crippen LogP contribution in [0.4, 0.5) is 0 Å². The standard InChI is InChI=1S/C24H18N4O2/c1-16(29)28-24(30-23(27-28)21-13-7-8-14-25-21)19-15-22(17-9-3-2-4-10-17)26-20-12-6-5-11-18(19)20/h2-15,24H,1H3. The molecular formula is C24H18N4O2. The maximum atomic E-state index is 12.4. The summed E-state index contributed by atoms with van der Waals surface area (Å²) in [5, 5.41) is 6.69. The Kier molecular flexibility index (Phi) is 4.44. The third-order valence-electron chi connectivity index (χ3n) is 4.93. The van der Waals surface area contributed by atoms with E-state index in [-0.39, 0.29) is 5.91 Å². The van der Waals surface area contributed by atoms with E-state index in [4.69, 9.17) is 9.72 Å². The molecular weight excluding hydrogens is 376 g/mol. The fourth-order valence-electron chi connectivity index (χ4n) is 3.52. The van der Waals surface area contributed by atoms with Crippen molar-refractivity contribution >= 4 is 22.7 Å². The third kappa shape index (κ3) is 3.18. The molecule has 6 heteroatoms. The lowest BCUT2D eigenvalue weighted by Crippen LogP contribution is -2.25. The zero-order valence-corrected chi connectivity index (χ0v) is 16.3. The van der Waals surface area contributed by atoms with Crippen molar-refractivity contribution in [3.8, 4) is 11.3 Å². The first-order valence-electron chi connectivity index (χ1n) is 9.62. The van der Waals surface area contributed by atoms with E-state index in [1.807, 2.05) is 72.8 Å². The second-order valence-corrected chi connectivity index (χ2v) is 6.93. The first-order chi connectivity index (χ1) is 14.7. The Bertz CT molecular complexity index is 1260. The van der Waals surface area contributed by atoms with Crippen molar-refractivity contribution in [2.75, 3.05) is 0 Å². The Morgan fingerprint density at radius 2 is 1.70 bits per heavy atom. The molecule has 0 radical (unpaired) electrons. The van der Waals surface area contributed by atoms with Crippen LogP contribution in [-0.4, -0.2) is 26.8 Å². The summed E-state index contributed by atoms with van der Waals surface area (Å²) in [5.74, 6) is 0.103. The Morgan fingerprint density at radius 3 is 2.47 bits per heavy atom. The lowest BCUT2D eigenvalue weighted by molar-refractivity contribution is -0.135. The minimum atomic E-state index is -0.699. The highest BCUT2D eigenvalue weighted by molar-refractivity contribution is 5.95. The number of hydrogen-bond donors (Lipinski definition) is 0. The highest BCUT2D eigenvalue weighted by Gasteiger charge is 2.35. The molecule has 1 unspecified atom stereocenters. The van der Waals surface area contributed by atoms with Gasteiger partial charge in [0, 0.05) is 29.6 Å². The fraction of sp³-hybridized carbons (Fsp3) is 0.0833. The van der Waals surface area contributed by atoms with Crippen LogP contribution in [-0.2, 0) is 9.53 Å². The predicted molar refractivity (Wildman–Crippen MR) is 114 cm³/mol. The number of fused-ring (bicyclic) bond motifs is 1. The number of benzene rings is 2. The summed E-state index contributed by atoms with van der Waals surface area (Å²) in [7, 11) is 0. The van der Waals surface area contributed by atoms with Gasteiger partial charge in [-0.25, -0.2) is 4.98 Å². The molecule has 0 saturated heterocycles. The molecule has 1 amide bonds. The van der Waals surface area contributed by atoms with Gasteiger partial charge in [-0.1, -0.05) is 54.6 Å². The van der Waals surface area contributed by atoms with E-state index in [9.17, 15) is 4.79 Å². The lowest BCUT2D eigenvalue weighted by atomic mass is 10.0. The van der Waals surface area contributed by atoms with E-state index in [0.717, 1.165) is 27.7 Å². The largest absolute Gasteiger partial charge is 0.445 e. The average Bonchev–Trinajstić information content (AvgIpc) is 3.25. The number of para-hydroxylation sites is 1. The minimum absolute atomic E-state index is 0.215. The Morgan fingerprint density at radius 1 is 0.933 bits per heavy atom. The highest BCUT2D eigenvalue weighted by Crippen LogP contribution is 2.36. The molecule has 1 aliphatic rings. The second kappa shape index (κ2) is 7.40. The minimum Gasteiger partial charge on any atom is -0.445 e. The molecule has 0 spiro atoms. The molecule has 0 fully saturated rings. The number of ether oxygens (including phenoxy) is 1. The molecule has 0 N–H and O–H groups in total. The van der Waals surface area contributed by atoms with Crippen LogP contribution in [0, 0.1) is 0 Å². The molecule has 4 aromatic rings. The van der Waals surface area contributed by atoms with E-state index >= 15 is 0 Å². The Balaban J connectivity index is 1.65. The Hall–Kier alpha value is -4.06. The first-order valence-corrected chi connectivity index (χ1v) is 9.62. The summed E-state index contributed by atoms with van der Waals surface area (Å²) < 4.78 is 6.17. The fourth-order valence-corrected chi connectivity index (χ4v) is 3.52. The molecule has 2 aromatic heterocycles. The van der Waals surface area contributed by atoms with Gasteiger partial charge in [0.15, 0.2) is 0 Å². The van der Waals surface area contributed by atoms with Gasteiger partial charge in [-0.2, -0.15) is 5.01 Å². The maximum Gasteiger partial charge on any atom is 0.259 e. The van der Waals surface area contributed by atoms with Gasteiger partial charge in [0.2, 0.25) is 12.1 Å². The van der Waals surface area contributed by atoms with Crippen LogP contribution in [0.15, 0.2) is 90.2 Å². The zero-order chi connectivity index (χ0) is 20.5. The monoisotopic (exact) mass is 394 g/mol. The van der Waals surface area contributed by atoms with Crippen molar-refractivity contribution in [2.24, 2.45) is 5.10 Å². The van der Waals surface area contributed by atoms with Crippen molar-refractivity contribution in [2.45, 2.75) is 13.2 Å². The number of pyridine rings is 2. The van der Waals surface area contributed by atoms with Crippen LogP contribution in [0.3, 0.4) is 0 Å². The van der Waals surface area contributed by atoms with Crippen molar-refractivity contribution < 1.29 is 9.53 Å². The smallest absolute Gasteiger partial charge is 0.259 e. The van der Waals surface area contributed by atoms with Crippen LogP contribution >= 0.6 is 0 Å². The summed E-state index contributed by atoms with van der Waals surface area (Å²) >= 11 is 0. The SMILES string of the molecule is CC(=O)N1N=C(c2ccccn2)OC1c1cc(-c2ccccc2)nc2ccccc12. The molecule has 6 nitrogen and oxygen atoms in total. The Labute approximate surface area is 173 Å². The van der Waals surface area contributed by atoms with Crippen LogP contribution < -0.4 is 0 Å². The molecule has 1 atom stereocenters. The summed E-state index contributed by atoms with van der Waals surface area (Å²) in [4.78, 5) is 21.5. The molecule has 30 heavy (non-hydrogen) atoms. The van der Waals surface area contributed by atoms with Gasteiger partial charge in [0.05, 0.1) is 11.2 Å². The van der Waals surface area contributed by atoms with Crippen molar-refractivity contribution in [1.82, 2.24) is 15.0 Å². The summed E-state index contributed by atoms with van der Waals surface area (Å²) in [6, 6.07) is 25.2. The summed E-state index contributed by atoms with van der Waals surface area (Å²) in [5.41, 5.74) is 4.02. The van der Waals surface area contributed by atoms with E-state index in [1.54, 1.807) is 12.3 Å². The predicted octanol–water partition coefficient (Wildman–Crippen LogP) is 4.54. The van der Waals surface area contributed by atoms with Gasteiger partial charge in [0.25, 0.3) is 5.90 Å². The van der Waals surface area contributed by atoms with E-state index < -0.39 is 6.23 Å². The molecule has 3 heterocycles. The number of nitrogens with zero attached hydrogens (tertiary/aromatic N) is 4. The van der Waals surface area contributed by atoms with E-state index in [2.05, 4.69) is 10.1 Å². The molecule has 1 aliphatic heterocycles. The van der Waals surface area contributed by atoms with Gasteiger partial charge in [0.1, 0.15) is 5.69 Å². The van der Waals surface area contributed by atoms with Crippen molar-refractivity contribution in [3.63, 3.8) is 0 Å². The molecule has 0 saturated carbocycles. The maximum absolute atomic E-state index is 12.4. The van der Waals surface area contributed by atoms with Crippen LogP contribution in [0.1, 0.15) is 24.4 Å². The number of carbonyl (C=O) groups is 1. The number of rotatable bonds is 3. The molecule has 2 aromatic carbocycles. The van der Waals surface area contributed by atoms with E-state index in [0.29, 0.717) is 11.6 Å². The number of amides is 1.